The molecule has 0 aliphatic carbocycles. The summed E-state index contributed by atoms with van der Waals surface area (Å²) < 4.78 is 25.3. The van der Waals surface area contributed by atoms with Gasteiger partial charge in [-0.3, -0.25) is 4.79 Å². The standard InChI is InChI=1S/C26H33FN8O3/c1-34-10-12-35(13-11-34)26-30-8-6-20(31-26)24-23(17-2-4-19(27)5-3-17)32-21(33-24)14-22-37-15-18(16-38-22)25(36)29-9-7-28/h2-6,8,18,22H,7,9-16,28H2,1H3,(H,29,36)(H,32,33). The normalized spacial score (nSPS) is 20.4. The number of nitrogens with zero attached hydrogens (tertiary/aromatic N) is 5. The minimum absolute atomic E-state index is 0.132. The number of benzene rings is 1. The average Bonchev–Trinajstić information content (AvgIpc) is 3.36. The number of carbonyl (C=O) groups is 1. The molecule has 5 rings (SSSR count). The van der Waals surface area contributed by atoms with E-state index < -0.39 is 6.29 Å². The molecular weight excluding hydrogens is 491 g/mol. The predicted molar refractivity (Wildman–Crippen MR) is 140 cm³/mol. The first-order chi connectivity index (χ1) is 18.5. The largest absolute Gasteiger partial charge is 0.354 e. The monoisotopic (exact) mass is 524 g/mol. The summed E-state index contributed by atoms with van der Waals surface area (Å²) in [4.78, 5) is 34.2. The molecule has 0 atom stereocenters. The van der Waals surface area contributed by atoms with Crippen LogP contribution < -0.4 is 16.0 Å². The van der Waals surface area contributed by atoms with Gasteiger partial charge in [-0.1, -0.05) is 0 Å². The molecule has 4 N–H and O–H groups in total. The van der Waals surface area contributed by atoms with Crippen LogP contribution in [0, 0.1) is 11.7 Å². The van der Waals surface area contributed by atoms with Gasteiger partial charge in [0.2, 0.25) is 11.9 Å². The van der Waals surface area contributed by atoms with Crippen molar-refractivity contribution in [2.45, 2.75) is 12.7 Å². The SMILES string of the molecule is CN1CCN(c2nccc(-c3[nH]c(CC4OCC(C(=O)NCCN)CO4)nc3-c3ccc(F)cc3)n2)CC1. The topological polar surface area (TPSA) is 135 Å². The molecule has 3 aromatic rings. The van der Waals surface area contributed by atoms with Crippen LogP contribution >= 0.6 is 0 Å². The second-order valence-electron chi connectivity index (χ2n) is 9.52. The van der Waals surface area contributed by atoms with Gasteiger partial charge in [-0.25, -0.2) is 19.3 Å². The van der Waals surface area contributed by atoms with E-state index in [1.807, 2.05) is 6.07 Å². The van der Waals surface area contributed by atoms with Gasteiger partial charge in [-0.05, 0) is 37.4 Å². The second kappa shape index (κ2) is 11.9. The fourth-order valence-corrected chi connectivity index (χ4v) is 4.48. The summed E-state index contributed by atoms with van der Waals surface area (Å²) in [5.74, 6) is 0.464. The van der Waals surface area contributed by atoms with E-state index in [0.717, 1.165) is 31.7 Å². The molecule has 1 amide bonds. The quantitative estimate of drug-likeness (QED) is 0.395. The maximum absolute atomic E-state index is 13.7. The highest BCUT2D eigenvalue weighted by Crippen LogP contribution is 2.31. The third-order valence-electron chi connectivity index (χ3n) is 6.70. The van der Waals surface area contributed by atoms with E-state index in [0.29, 0.717) is 48.4 Å². The fourth-order valence-electron chi connectivity index (χ4n) is 4.48. The molecule has 4 heterocycles. The average molecular weight is 525 g/mol. The van der Waals surface area contributed by atoms with Crippen molar-refractivity contribution in [3.8, 4) is 22.6 Å². The summed E-state index contributed by atoms with van der Waals surface area (Å²) >= 11 is 0. The zero-order valence-electron chi connectivity index (χ0n) is 21.4. The van der Waals surface area contributed by atoms with Crippen molar-refractivity contribution < 1.29 is 18.7 Å². The van der Waals surface area contributed by atoms with Gasteiger partial charge < -0.3 is 35.3 Å². The van der Waals surface area contributed by atoms with Crippen LogP contribution in [0.1, 0.15) is 5.82 Å². The Labute approximate surface area is 220 Å². The number of hydrogen-bond acceptors (Lipinski definition) is 9. The van der Waals surface area contributed by atoms with Crippen LogP contribution in [-0.2, 0) is 20.7 Å². The number of carbonyl (C=O) groups excluding carboxylic acids is 1. The molecule has 2 aromatic heterocycles. The number of nitrogens with two attached hydrogens (primary N) is 1. The van der Waals surface area contributed by atoms with Crippen LogP contribution in [0.4, 0.5) is 10.3 Å². The molecule has 38 heavy (non-hydrogen) atoms. The summed E-state index contributed by atoms with van der Waals surface area (Å²) in [7, 11) is 2.10. The number of amides is 1. The predicted octanol–water partition coefficient (Wildman–Crippen LogP) is 1.03. The molecule has 0 saturated carbocycles. The number of likely N-dealkylation sites (N-methyl/N-ethyl adjacent to an activating group) is 1. The molecule has 2 fully saturated rings. The smallest absolute Gasteiger partial charge is 0.227 e. The lowest BCUT2D eigenvalue weighted by Crippen LogP contribution is -2.45. The number of aromatic amines is 1. The molecule has 0 spiro atoms. The molecule has 11 nitrogen and oxygen atoms in total. The van der Waals surface area contributed by atoms with Gasteiger partial charge in [0.15, 0.2) is 6.29 Å². The molecule has 0 unspecified atom stereocenters. The molecule has 2 saturated heterocycles. The highest BCUT2D eigenvalue weighted by Gasteiger charge is 2.29. The van der Waals surface area contributed by atoms with Gasteiger partial charge in [0, 0.05) is 51.0 Å². The minimum atomic E-state index is -0.556. The van der Waals surface area contributed by atoms with Crippen molar-refractivity contribution in [2.24, 2.45) is 11.7 Å². The van der Waals surface area contributed by atoms with E-state index >= 15 is 0 Å². The van der Waals surface area contributed by atoms with Gasteiger partial charge in [-0.2, -0.15) is 0 Å². The summed E-state index contributed by atoms with van der Waals surface area (Å²) in [6.07, 6.45) is 1.54. The van der Waals surface area contributed by atoms with Crippen LogP contribution in [0.2, 0.25) is 0 Å². The molecular formula is C26H33FN8O3. The first kappa shape index (κ1) is 26.2. The van der Waals surface area contributed by atoms with Gasteiger partial charge in [0.25, 0.3) is 0 Å². The Kier molecular flexibility index (Phi) is 8.23. The zero-order chi connectivity index (χ0) is 26.5. The van der Waals surface area contributed by atoms with E-state index in [1.165, 1.54) is 12.1 Å². The number of halogens is 1. The maximum Gasteiger partial charge on any atom is 0.227 e. The van der Waals surface area contributed by atoms with Crippen LogP contribution in [0.15, 0.2) is 36.5 Å². The van der Waals surface area contributed by atoms with Crippen molar-refractivity contribution >= 4 is 11.9 Å². The van der Waals surface area contributed by atoms with Crippen molar-refractivity contribution in [3.63, 3.8) is 0 Å². The molecule has 202 valence electrons. The van der Waals surface area contributed by atoms with Crippen LogP contribution in [0.5, 0.6) is 0 Å². The van der Waals surface area contributed by atoms with Crippen molar-refractivity contribution in [1.29, 1.82) is 0 Å². The fraction of sp³-hybridized carbons (Fsp3) is 0.462. The van der Waals surface area contributed by atoms with Crippen molar-refractivity contribution in [2.75, 3.05) is 64.4 Å². The number of anilines is 1. The Hall–Kier alpha value is -3.45. The summed E-state index contributed by atoms with van der Waals surface area (Å²) in [5.41, 5.74) is 8.26. The Morgan fingerprint density at radius 3 is 2.58 bits per heavy atom. The Bertz CT molecular complexity index is 1220. The lowest BCUT2D eigenvalue weighted by atomic mass is 10.1. The first-order valence-corrected chi connectivity index (χ1v) is 12.8. The number of aromatic nitrogens is 4. The first-order valence-electron chi connectivity index (χ1n) is 12.8. The van der Waals surface area contributed by atoms with Crippen molar-refractivity contribution in [1.82, 2.24) is 30.2 Å². The molecule has 2 aliphatic rings. The van der Waals surface area contributed by atoms with Crippen molar-refractivity contribution in [3.05, 3.63) is 48.2 Å². The Morgan fingerprint density at radius 1 is 1.13 bits per heavy atom. The molecule has 2 aliphatic heterocycles. The third kappa shape index (κ3) is 6.16. The van der Waals surface area contributed by atoms with E-state index in [4.69, 9.17) is 25.2 Å². The molecule has 0 bridgehead atoms. The molecule has 12 heteroatoms. The number of ether oxygens (including phenoxy) is 2. The van der Waals surface area contributed by atoms with E-state index in [-0.39, 0.29) is 30.9 Å². The van der Waals surface area contributed by atoms with Crippen LogP contribution in [0.25, 0.3) is 22.6 Å². The number of hydrogen-bond donors (Lipinski definition) is 3. The number of nitrogens with one attached hydrogen (secondary N) is 2. The third-order valence-corrected chi connectivity index (χ3v) is 6.70. The zero-order valence-corrected chi connectivity index (χ0v) is 21.4. The van der Waals surface area contributed by atoms with Gasteiger partial charge >= 0.3 is 0 Å². The van der Waals surface area contributed by atoms with Gasteiger partial charge in [0.05, 0.1) is 42.6 Å². The number of imidazole rings is 1. The van der Waals surface area contributed by atoms with Crippen LogP contribution in [-0.4, -0.2) is 96.6 Å². The lowest BCUT2D eigenvalue weighted by molar-refractivity contribution is -0.200. The van der Waals surface area contributed by atoms with Gasteiger partial charge in [0.1, 0.15) is 11.6 Å². The maximum atomic E-state index is 13.7. The number of H-pyrrole nitrogens is 1. The summed E-state index contributed by atoms with van der Waals surface area (Å²) in [5, 5.41) is 2.76. The number of piperazine rings is 1. The van der Waals surface area contributed by atoms with E-state index in [9.17, 15) is 9.18 Å². The molecule has 1 aromatic carbocycles. The Morgan fingerprint density at radius 2 is 1.87 bits per heavy atom. The van der Waals surface area contributed by atoms with Gasteiger partial charge in [-0.15, -0.1) is 0 Å². The van der Waals surface area contributed by atoms with E-state index in [1.54, 1.807) is 18.3 Å². The summed E-state index contributed by atoms with van der Waals surface area (Å²) in [6, 6.07) is 8.04. The summed E-state index contributed by atoms with van der Waals surface area (Å²) in [6.45, 7) is 4.88. The minimum Gasteiger partial charge on any atom is -0.354 e. The van der Waals surface area contributed by atoms with Crippen LogP contribution in [0.3, 0.4) is 0 Å². The van der Waals surface area contributed by atoms with E-state index in [2.05, 4.69) is 32.1 Å². The number of rotatable bonds is 8. The highest BCUT2D eigenvalue weighted by molar-refractivity contribution is 5.79. The second-order valence-corrected chi connectivity index (χ2v) is 9.52. The Balaban J connectivity index is 1.36. The highest BCUT2D eigenvalue weighted by atomic mass is 19.1. The lowest BCUT2D eigenvalue weighted by Gasteiger charge is -2.32. The molecule has 0 radical (unpaired) electrons.